The molecule has 0 aromatic heterocycles. The van der Waals surface area contributed by atoms with E-state index in [1.807, 2.05) is 36.4 Å². The number of Topliss-reactive ketones (excluding diaryl/α,β-unsaturated/α-hetero) is 1. The molecule has 3 heteroatoms. The Kier molecular flexibility index (Phi) is 16.1. The second-order valence-corrected chi connectivity index (χ2v) is 7.07. The molecule has 0 saturated carbocycles. The van der Waals surface area contributed by atoms with Crippen LogP contribution in [0.3, 0.4) is 0 Å². The summed E-state index contributed by atoms with van der Waals surface area (Å²) in [7, 11) is 0. The summed E-state index contributed by atoms with van der Waals surface area (Å²) in [6, 6.07) is 15.9. The van der Waals surface area contributed by atoms with Crippen molar-refractivity contribution >= 4 is 28.4 Å². The zero-order valence-electron chi connectivity index (χ0n) is 14.9. The molecule has 25 heavy (non-hydrogen) atoms. The summed E-state index contributed by atoms with van der Waals surface area (Å²) in [4.78, 5) is 11.5. The first-order valence-electron chi connectivity index (χ1n) is 8.86. The number of carbonyl (C=O) groups is 1. The van der Waals surface area contributed by atoms with Crippen molar-refractivity contribution in [2.24, 2.45) is 0 Å². The predicted octanol–water partition coefficient (Wildman–Crippen LogP) is 6.47. The smallest absolute Gasteiger partial charge is 0.156 e. The van der Waals surface area contributed by atoms with E-state index in [2.05, 4.69) is 53.5 Å². The number of halogens is 1. The normalized spacial score (nSPS) is 9.20. The Balaban J connectivity index is 0.000000693. The molecule has 0 fully saturated rings. The molecule has 2 aromatic carbocycles. The molecule has 0 bridgehead atoms. The molecule has 142 valence electrons. The summed E-state index contributed by atoms with van der Waals surface area (Å²) in [5.41, 5.74) is 0.933. The molecule has 0 amide bonds. The average Bonchev–Trinajstić information content (AvgIpc) is 3.26. The van der Waals surface area contributed by atoms with E-state index in [0.717, 1.165) is 18.4 Å². The third kappa shape index (κ3) is 14.1. The van der Waals surface area contributed by atoms with Crippen LogP contribution >= 0.6 is 22.6 Å². The summed E-state index contributed by atoms with van der Waals surface area (Å²) in [6.07, 6.45) is 9.28. The summed E-state index contributed by atoms with van der Waals surface area (Å²) in [5.74, 6) is 5.67. The van der Waals surface area contributed by atoms with Crippen LogP contribution in [0.25, 0.3) is 0 Å². The van der Waals surface area contributed by atoms with Gasteiger partial charge in [0.2, 0.25) is 0 Å². The summed E-state index contributed by atoms with van der Waals surface area (Å²) >= 11 is 2.28. The van der Waals surface area contributed by atoms with Gasteiger partial charge in [0.1, 0.15) is 0 Å². The topological polar surface area (TPSA) is 17.1 Å². The van der Waals surface area contributed by atoms with Crippen molar-refractivity contribution in [1.29, 1.82) is 0 Å². The van der Waals surface area contributed by atoms with Crippen LogP contribution in [0.2, 0.25) is 0 Å². The molecular weight excluding hydrogens is 463 g/mol. The Morgan fingerprint density at radius 2 is 1.56 bits per heavy atom. The fourth-order valence-electron chi connectivity index (χ4n) is 2.25. The van der Waals surface area contributed by atoms with Crippen molar-refractivity contribution in [3.63, 3.8) is 0 Å². The minimum atomic E-state index is 0. The molecule has 2 aromatic rings. The van der Waals surface area contributed by atoms with E-state index < -0.39 is 0 Å². The fourth-order valence-corrected chi connectivity index (χ4v) is 2.67. The monoisotopic (exact) mass is 490 g/mol. The van der Waals surface area contributed by atoms with Crippen LogP contribution in [0.5, 0.6) is 0 Å². The quantitative estimate of drug-likeness (QED) is 0.136. The van der Waals surface area contributed by atoms with E-state index >= 15 is 0 Å². The molecule has 0 radical (unpaired) electrons. The van der Waals surface area contributed by atoms with Gasteiger partial charge in [-0.2, -0.15) is 18.1 Å². The van der Waals surface area contributed by atoms with E-state index in [0.29, 0.717) is 6.42 Å². The second-order valence-electron chi connectivity index (χ2n) is 5.82. The number of carbonyl (C=O) groups excluding carboxylic acids is 1. The molecule has 0 heterocycles. The van der Waals surface area contributed by atoms with Gasteiger partial charge in [-0.1, -0.05) is 51.0 Å². The second kappa shape index (κ2) is 16.6. The molecule has 2 rings (SSSR count). The minimum absolute atomic E-state index is 0. The first-order chi connectivity index (χ1) is 11.7. The van der Waals surface area contributed by atoms with Crippen LogP contribution in [0, 0.1) is 15.4 Å². The zero-order valence-corrected chi connectivity index (χ0v) is 18.2. The maximum Gasteiger partial charge on any atom is 0.156 e. The van der Waals surface area contributed by atoms with Gasteiger partial charge >= 0.3 is 0 Å². The van der Waals surface area contributed by atoms with E-state index in [4.69, 9.17) is 0 Å². The van der Waals surface area contributed by atoms with Crippen LogP contribution in [-0.2, 0) is 21.9 Å². The Morgan fingerprint density at radius 1 is 1.00 bits per heavy atom. The van der Waals surface area contributed by atoms with Crippen molar-refractivity contribution in [2.75, 3.05) is 0 Å². The Bertz CT molecular complexity index is 588. The zero-order chi connectivity index (χ0) is 17.5. The van der Waals surface area contributed by atoms with Crippen LogP contribution < -0.4 is 0 Å². The molecule has 0 saturated heterocycles. The Morgan fingerprint density at radius 3 is 2.08 bits per heavy atom. The van der Waals surface area contributed by atoms with Crippen LogP contribution in [0.15, 0.2) is 48.5 Å². The maximum atomic E-state index is 11.5. The maximum absolute atomic E-state index is 11.5. The molecule has 0 atom stereocenters. The van der Waals surface area contributed by atoms with E-state index in [1.165, 1.54) is 35.7 Å². The van der Waals surface area contributed by atoms with Gasteiger partial charge in [-0.05, 0) is 6.42 Å². The first kappa shape index (κ1) is 24.2. The number of hydrogen-bond donors (Lipinski definition) is 0. The number of ketones is 1. The van der Waals surface area contributed by atoms with Gasteiger partial charge in [0, 0.05) is 23.5 Å². The van der Waals surface area contributed by atoms with Crippen molar-refractivity contribution in [3.05, 3.63) is 57.7 Å². The van der Waals surface area contributed by atoms with Gasteiger partial charge in [-0.15, -0.1) is 18.1 Å². The van der Waals surface area contributed by atoms with E-state index in [9.17, 15) is 4.79 Å². The van der Waals surface area contributed by atoms with Gasteiger partial charge in [-0.25, -0.2) is 0 Å². The summed E-state index contributed by atoms with van der Waals surface area (Å²) in [5, 5.41) is 0. The molecule has 0 aliphatic carbocycles. The number of hydrogen-bond acceptors (Lipinski definition) is 1. The third-order valence-electron chi connectivity index (χ3n) is 3.64. The molecule has 1 nitrogen and oxygen atoms in total. The first-order valence-corrected chi connectivity index (χ1v) is 9.94. The average molecular weight is 490 g/mol. The number of rotatable bonds is 8. The van der Waals surface area contributed by atoms with Gasteiger partial charge < -0.3 is 50.4 Å². The third-order valence-corrected chi connectivity index (χ3v) is 4.36. The van der Waals surface area contributed by atoms with Crippen molar-refractivity contribution < 1.29 is 21.9 Å². The molecular formula is C22H27FeIO-6. The largest absolute Gasteiger partial charge is 0.747 e. The Hall–Kier alpha value is -0.821. The molecule has 0 aliphatic rings. The van der Waals surface area contributed by atoms with E-state index in [1.54, 1.807) is 0 Å². The van der Waals surface area contributed by atoms with Gasteiger partial charge in [0.25, 0.3) is 0 Å². The minimum Gasteiger partial charge on any atom is -0.747 e. The van der Waals surface area contributed by atoms with Crippen LogP contribution in [0.1, 0.15) is 63.9 Å². The van der Waals surface area contributed by atoms with Crippen LogP contribution in [0.4, 0.5) is 0 Å². The van der Waals surface area contributed by atoms with Crippen molar-refractivity contribution in [3.8, 4) is 11.8 Å². The van der Waals surface area contributed by atoms with Crippen LogP contribution in [-0.4, -0.2) is 5.78 Å². The Labute approximate surface area is 177 Å². The predicted molar refractivity (Wildman–Crippen MR) is 111 cm³/mol. The van der Waals surface area contributed by atoms with Crippen molar-refractivity contribution in [1.82, 2.24) is 0 Å². The summed E-state index contributed by atoms with van der Waals surface area (Å²) < 4.78 is 1.31. The van der Waals surface area contributed by atoms with E-state index in [-0.39, 0.29) is 22.9 Å². The SMILES string of the molecule is CCCCCCCCCC(=O)C#C[c-]1cccc1.I[c-]1[cH-][cH-][cH-][cH-]1.[Fe]. The molecule has 0 N–H and O–H groups in total. The molecule has 0 unspecified atom stereocenters. The van der Waals surface area contributed by atoms with Crippen molar-refractivity contribution in [2.45, 2.75) is 58.3 Å². The van der Waals surface area contributed by atoms with Gasteiger partial charge in [-0.3, -0.25) is 4.79 Å². The van der Waals surface area contributed by atoms with Gasteiger partial charge in [0.15, 0.2) is 5.78 Å². The molecule has 0 spiro atoms. The fraction of sp³-hybridized carbons (Fsp3) is 0.409. The molecule has 0 aliphatic heterocycles. The number of unbranched alkanes of at least 4 members (excludes halogenated alkanes) is 6. The standard InChI is InChI=1S/C17H23O.C5H4I.Fe/c1-2-3-4-5-6-7-8-13-17(18)15-14-16-11-9-10-12-16;6-5-3-1-2-4-5;/h9-12H,2-8,13H2,1H3;1-4H;/q-1;-5;. The summed E-state index contributed by atoms with van der Waals surface area (Å²) in [6.45, 7) is 2.23. The van der Waals surface area contributed by atoms with Gasteiger partial charge in [0.05, 0.1) is 0 Å².